The molecule has 0 aromatic heterocycles. The van der Waals surface area contributed by atoms with Crippen molar-refractivity contribution < 1.29 is 37.3 Å². The first kappa shape index (κ1) is 25.1. The lowest BCUT2D eigenvalue weighted by atomic mass is 9.77. The van der Waals surface area contributed by atoms with E-state index >= 15 is 0 Å². The molecule has 1 aliphatic heterocycles. The van der Waals surface area contributed by atoms with Crippen molar-refractivity contribution in [2.75, 3.05) is 7.11 Å². The summed E-state index contributed by atoms with van der Waals surface area (Å²) in [5, 5.41) is 14.6. The number of rotatable bonds is 7. The van der Waals surface area contributed by atoms with Crippen molar-refractivity contribution in [3.8, 4) is 11.5 Å². The number of hydrogen-bond acceptors (Lipinski definition) is 5. The number of ether oxygens (including phenoxy) is 2. The van der Waals surface area contributed by atoms with Crippen molar-refractivity contribution in [2.24, 2.45) is 5.92 Å². The van der Waals surface area contributed by atoms with Crippen LogP contribution in [0.15, 0.2) is 78.9 Å². The Morgan fingerprint density at radius 2 is 1.64 bits per heavy atom. The summed E-state index contributed by atoms with van der Waals surface area (Å²) < 4.78 is 53.5. The number of aliphatic hydroxyl groups is 1. The van der Waals surface area contributed by atoms with Crippen LogP contribution in [-0.2, 0) is 6.61 Å². The number of urea groups is 1. The van der Waals surface area contributed by atoms with Gasteiger partial charge in [0.05, 0.1) is 13.2 Å². The molecule has 1 saturated heterocycles. The molecule has 2 amide bonds. The van der Waals surface area contributed by atoms with Crippen LogP contribution in [0, 0.1) is 5.92 Å². The lowest BCUT2D eigenvalue weighted by molar-refractivity contribution is -0.287. The van der Waals surface area contributed by atoms with Crippen molar-refractivity contribution in [3.05, 3.63) is 95.6 Å². The van der Waals surface area contributed by atoms with Crippen LogP contribution in [-0.4, -0.2) is 35.9 Å². The molecule has 36 heavy (non-hydrogen) atoms. The van der Waals surface area contributed by atoms with Gasteiger partial charge in [0.25, 0.3) is 0 Å². The second-order valence-electron chi connectivity index (χ2n) is 8.23. The van der Waals surface area contributed by atoms with Gasteiger partial charge in [-0.15, -0.1) is 0 Å². The molecule has 0 aliphatic carbocycles. The molecule has 1 fully saturated rings. The van der Waals surface area contributed by atoms with E-state index in [0.717, 1.165) is 5.56 Å². The lowest BCUT2D eigenvalue weighted by Crippen LogP contribution is -2.72. The molecule has 0 radical (unpaired) electrons. The van der Waals surface area contributed by atoms with Gasteiger partial charge in [0, 0.05) is 5.56 Å². The third-order valence-corrected chi connectivity index (χ3v) is 5.93. The number of amides is 2. The van der Waals surface area contributed by atoms with Crippen LogP contribution in [0.25, 0.3) is 0 Å². The minimum Gasteiger partial charge on any atom is -0.493 e. The highest BCUT2D eigenvalue weighted by atomic mass is 19.4. The average molecular weight is 500 g/mol. The maximum absolute atomic E-state index is 14.1. The number of nitrogens with one attached hydrogen (secondary N) is 2. The van der Waals surface area contributed by atoms with Crippen molar-refractivity contribution >= 4 is 11.8 Å². The van der Waals surface area contributed by atoms with Crippen LogP contribution < -0.4 is 20.1 Å². The first-order valence-corrected chi connectivity index (χ1v) is 11.0. The molecule has 3 aromatic rings. The summed E-state index contributed by atoms with van der Waals surface area (Å²) in [6, 6.07) is 18.0. The van der Waals surface area contributed by atoms with Crippen LogP contribution >= 0.6 is 0 Å². The molecule has 0 saturated carbocycles. The van der Waals surface area contributed by atoms with Gasteiger partial charge < -0.3 is 25.2 Å². The zero-order valence-electron chi connectivity index (χ0n) is 19.1. The fourth-order valence-corrected chi connectivity index (χ4v) is 4.13. The van der Waals surface area contributed by atoms with Gasteiger partial charge in [0.1, 0.15) is 12.5 Å². The minimum atomic E-state index is -5.35. The first-order valence-electron chi connectivity index (χ1n) is 11.0. The molecule has 188 valence electrons. The van der Waals surface area contributed by atoms with E-state index in [1.807, 2.05) is 30.3 Å². The highest BCUT2D eigenvalue weighted by Crippen LogP contribution is 2.45. The Kier molecular flexibility index (Phi) is 6.89. The summed E-state index contributed by atoms with van der Waals surface area (Å²) >= 11 is 0. The summed E-state index contributed by atoms with van der Waals surface area (Å²) in [5.41, 5.74) is -2.87. The Balaban J connectivity index is 1.73. The molecular formula is C26H23F3N2O5. The van der Waals surface area contributed by atoms with Crippen molar-refractivity contribution in [2.45, 2.75) is 24.6 Å². The number of ketones is 1. The van der Waals surface area contributed by atoms with E-state index in [9.17, 15) is 27.9 Å². The summed E-state index contributed by atoms with van der Waals surface area (Å²) in [7, 11) is 1.36. The molecule has 1 heterocycles. The monoisotopic (exact) mass is 500 g/mol. The van der Waals surface area contributed by atoms with Gasteiger partial charge in [-0.05, 0) is 23.3 Å². The van der Waals surface area contributed by atoms with Crippen LogP contribution in [0.1, 0.15) is 27.5 Å². The Labute approximate surface area is 204 Å². The number of carbonyl (C=O) groups is 2. The van der Waals surface area contributed by atoms with Gasteiger partial charge in [-0.3, -0.25) is 4.79 Å². The third kappa shape index (κ3) is 4.85. The van der Waals surface area contributed by atoms with Gasteiger partial charge in [-0.25, -0.2) is 4.79 Å². The second-order valence-corrected chi connectivity index (χ2v) is 8.23. The molecule has 0 unspecified atom stereocenters. The van der Waals surface area contributed by atoms with E-state index in [1.54, 1.807) is 6.07 Å². The quantitative estimate of drug-likeness (QED) is 0.419. The smallest absolute Gasteiger partial charge is 0.437 e. The maximum Gasteiger partial charge on any atom is 0.437 e. The van der Waals surface area contributed by atoms with E-state index in [-0.39, 0.29) is 23.5 Å². The van der Waals surface area contributed by atoms with Gasteiger partial charge in [0.2, 0.25) is 5.72 Å². The van der Waals surface area contributed by atoms with E-state index in [1.165, 1.54) is 54.9 Å². The van der Waals surface area contributed by atoms with Crippen molar-refractivity contribution in [1.82, 2.24) is 10.6 Å². The molecule has 4 rings (SSSR count). The average Bonchev–Trinajstić information content (AvgIpc) is 2.87. The molecule has 10 heteroatoms. The molecule has 0 spiro atoms. The zero-order chi connectivity index (χ0) is 25.9. The Morgan fingerprint density at radius 3 is 2.25 bits per heavy atom. The first-order chi connectivity index (χ1) is 17.1. The van der Waals surface area contributed by atoms with E-state index in [2.05, 4.69) is 5.32 Å². The number of benzene rings is 3. The maximum atomic E-state index is 14.1. The number of carbonyl (C=O) groups excluding carboxylic acids is 2. The number of alkyl halides is 3. The number of hydrogen-bond donors (Lipinski definition) is 3. The summed E-state index contributed by atoms with van der Waals surface area (Å²) in [4.78, 5) is 25.6. The Morgan fingerprint density at radius 1 is 1.00 bits per heavy atom. The fourth-order valence-electron chi connectivity index (χ4n) is 4.13. The Bertz CT molecular complexity index is 1240. The standard InChI is InChI=1S/C26H23F3N2O5/c1-35-20-14-18(12-13-19(20)36-15-16-8-4-2-5-9-16)22-21(23(32)17-10-6-3-7-11-17)25(34,26(27,28)29)31-24(33)30-22/h2-14,21-22,34H,15H2,1H3,(H2,30,31,33)/t21-,22+,25+/m1/s1. The van der Waals surface area contributed by atoms with Gasteiger partial charge in [0.15, 0.2) is 17.3 Å². The molecule has 3 aromatic carbocycles. The predicted octanol–water partition coefficient (Wildman–Crippen LogP) is 4.38. The highest BCUT2D eigenvalue weighted by molar-refractivity contribution is 6.00. The largest absolute Gasteiger partial charge is 0.493 e. The van der Waals surface area contributed by atoms with Crippen LogP contribution in [0.2, 0.25) is 0 Å². The highest BCUT2D eigenvalue weighted by Gasteiger charge is 2.66. The van der Waals surface area contributed by atoms with E-state index in [0.29, 0.717) is 5.75 Å². The van der Waals surface area contributed by atoms with Crippen LogP contribution in [0.3, 0.4) is 0 Å². The topological polar surface area (TPSA) is 96.9 Å². The molecule has 3 atom stereocenters. The van der Waals surface area contributed by atoms with Crippen molar-refractivity contribution in [1.29, 1.82) is 0 Å². The van der Waals surface area contributed by atoms with Crippen LogP contribution in [0.5, 0.6) is 11.5 Å². The van der Waals surface area contributed by atoms with Crippen LogP contribution in [0.4, 0.5) is 18.0 Å². The summed E-state index contributed by atoms with van der Waals surface area (Å²) in [5.74, 6) is -2.66. The van der Waals surface area contributed by atoms with Gasteiger partial charge >= 0.3 is 12.2 Å². The number of Topliss-reactive ketones (excluding diaryl/α,β-unsaturated/α-hetero) is 1. The number of methoxy groups -OCH3 is 1. The number of halogens is 3. The normalized spacial score (nSPS) is 21.8. The molecule has 0 bridgehead atoms. The lowest BCUT2D eigenvalue weighted by Gasteiger charge is -2.45. The van der Waals surface area contributed by atoms with Crippen molar-refractivity contribution in [3.63, 3.8) is 0 Å². The van der Waals surface area contributed by atoms with E-state index < -0.39 is 35.7 Å². The fraction of sp³-hybridized carbons (Fsp3) is 0.231. The van der Waals surface area contributed by atoms with Gasteiger partial charge in [-0.1, -0.05) is 66.7 Å². The Hall–Kier alpha value is -4.05. The zero-order valence-corrected chi connectivity index (χ0v) is 19.1. The van der Waals surface area contributed by atoms with Gasteiger partial charge in [-0.2, -0.15) is 13.2 Å². The molecule has 1 aliphatic rings. The third-order valence-electron chi connectivity index (χ3n) is 5.93. The molecule has 3 N–H and O–H groups in total. The van der Waals surface area contributed by atoms with E-state index in [4.69, 9.17) is 9.47 Å². The SMILES string of the molecule is COc1cc([C@@H]2NC(=O)N[C@@](O)(C(F)(F)F)[C@H]2C(=O)c2ccccc2)ccc1OCc1ccccc1. The second kappa shape index (κ2) is 9.90. The minimum absolute atomic E-state index is 0.0529. The molecule has 7 nitrogen and oxygen atoms in total. The summed E-state index contributed by atoms with van der Waals surface area (Å²) in [6.07, 6.45) is -5.35. The molecular weight excluding hydrogens is 477 g/mol. The predicted molar refractivity (Wildman–Crippen MR) is 123 cm³/mol. The summed E-state index contributed by atoms with van der Waals surface area (Å²) in [6.45, 7) is 0.212.